The number of nitrogen functional groups attached to an aromatic ring is 1. The molecule has 0 radical (unpaired) electrons. The number of aromatic amines is 1. The fourth-order valence-corrected chi connectivity index (χ4v) is 5.97. The molecule has 0 spiro atoms. The monoisotopic (exact) mass is 500 g/mol. The number of nitrogens with two attached hydrogens (primary N) is 1. The van der Waals surface area contributed by atoms with Gasteiger partial charge in [-0.3, -0.25) is 14.6 Å². The number of H-pyrrole nitrogens is 1. The van der Waals surface area contributed by atoms with Crippen LogP contribution in [0.15, 0.2) is 36.9 Å². The van der Waals surface area contributed by atoms with E-state index in [1.165, 1.54) is 18.4 Å². The predicted octanol–water partition coefficient (Wildman–Crippen LogP) is 2.58. The lowest BCUT2D eigenvalue weighted by Gasteiger charge is -2.39. The highest BCUT2D eigenvalue weighted by molar-refractivity contribution is 6.00. The number of pyridine rings is 1. The van der Waals surface area contributed by atoms with Gasteiger partial charge in [0.1, 0.15) is 17.6 Å². The Balaban J connectivity index is 1.41. The van der Waals surface area contributed by atoms with Crippen LogP contribution in [0.5, 0.6) is 0 Å². The molecule has 4 aromatic rings. The van der Waals surface area contributed by atoms with E-state index in [0.717, 1.165) is 24.0 Å². The van der Waals surface area contributed by atoms with Gasteiger partial charge < -0.3 is 20.7 Å². The Morgan fingerprint density at radius 1 is 1.16 bits per heavy atom. The normalized spacial score (nSPS) is 21.9. The maximum absolute atomic E-state index is 12.8. The minimum Gasteiger partial charge on any atom is -0.384 e. The number of carbonyl (C=O) groups is 2. The summed E-state index contributed by atoms with van der Waals surface area (Å²) in [6, 6.07) is 3.82. The second kappa shape index (κ2) is 8.77. The van der Waals surface area contributed by atoms with Gasteiger partial charge >= 0.3 is 0 Å². The van der Waals surface area contributed by atoms with Crippen molar-refractivity contribution in [2.45, 2.75) is 63.6 Å². The summed E-state index contributed by atoms with van der Waals surface area (Å²) in [5.41, 5.74) is 10.4. The molecule has 0 aliphatic carbocycles. The lowest BCUT2D eigenvalue weighted by molar-refractivity contribution is -0.144. The molecule has 2 bridgehead atoms. The zero-order chi connectivity index (χ0) is 25.8. The summed E-state index contributed by atoms with van der Waals surface area (Å²) in [6.07, 6.45) is 8.90. The highest BCUT2D eigenvalue weighted by Crippen LogP contribution is 2.44. The van der Waals surface area contributed by atoms with Crippen molar-refractivity contribution in [3.8, 4) is 22.6 Å². The number of aliphatic hydroxyl groups excluding tert-OH is 1. The zero-order valence-corrected chi connectivity index (χ0v) is 20.6. The van der Waals surface area contributed by atoms with Crippen LogP contribution in [-0.2, 0) is 4.79 Å². The lowest BCUT2D eigenvalue weighted by atomic mass is 9.85. The van der Waals surface area contributed by atoms with Gasteiger partial charge in [-0.2, -0.15) is 9.61 Å². The zero-order valence-electron chi connectivity index (χ0n) is 20.6. The van der Waals surface area contributed by atoms with Crippen LogP contribution in [0.3, 0.4) is 0 Å². The van der Waals surface area contributed by atoms with Crippen LogP contribution in [0, 0.1) is 0 Å². The number of fused-ring (bicyclic) bond motifs is 3. The number of carbonyl (C=O) groups excluding carboxylic acids is 2. The number of aliphatic hydroxyl groups is 1. The first-order valence-electron chi connectivity index (χ1n) is 12.5. The average molecular weight is 501 g/mol. The van der Waals surface area contributed by atoms with Gasteiger partial charge in [0.05, 0.1) is 17.5 Å². The molecule has 4 N–H and O–H groups in total. The Hall–Kier alpha value is -4.12. The Morgan fingerprint density at radius 2 is 1.92 bits per heavy atom. The van der Waals surface area contributed by atoms with E-state index in [4.69, 9.17) is 10.7 Å². The first kappa shape index (κ1) is 23.3. The minimum absolute atomic E-state index is 0.00707. The number of nitrogens with one attached hydrogen (secondary N) is 1. The standard InChI is InChI=1S/C26H28N8O3/c1-13(35)21-22(16-9-17-4-5-18(10-16)33(17)26(37)14(2)36)32-25-19(12-31-34(25)23(21)27)15-3-6-20(30-11-15)24-28-7-8-29-24/h3,6-8,11-12,14,16-18,36H,4-5,9-10,27H2,1-2H3,(H,28,29)/t14?,16?,17-,18+. The van der Waals surface area contributed by atoms with E-state index in [2.05, 4.69) is 20.1 Å². The van der Waals surface area contributed by atoms with Crippen LogP contribution in [0.4, 0.5) is 5.82 Å². The van der Waals surface area contributed by atoms with Crippen LogP contribution in [0.2, 0.25) is 0 Å². The molecule has 190 valence electrons. The molecule has 11 heteroatoms. The van der Waals surface area contributed by atoms with E-state index in [0.29, 0.717) is 41.3 Å². The fourth-order valence-electron chi connectivity index (χ4n) is 5.97. The molecular weight excluding hydrogens is 472 g/mol. The van der Waals surface area contributed by atoms with E-state index in [1.54, 1.807) is 24.8 Å². The van der Waals surface area contributed by atoms with Gasteiger partial charge in [0.25, 0.3) is 5.91 Å². The van der Waals surface area contributed by atoms with Crippen molar-refractivity contribution in [3.63, 3.8) is 0 Å². The maximum atomic E-state index is 12.8. The SMILES string of the molecule is CC(=O)c1c(C2C[C@H]3CC[C@@H](C2)N3C(=O)C(C)O)nc2c(-c3ccc(-c4ncc[nH]4)nc3)cnn2c1N. The third-order valence-corrected chi connectivity index (χ3v) is 7.61. The number of amides is 1. The average Bonchev–Trinajstić information content (AvgIpc) is 3.62. The first-order chi connectivity index (χ1) is 17.8. The van der Waals surface area contributed by atoms with E-state index in [9.17, 15) is 14.7 Å². The van der Waals surface area contributed by atoms with Gasteiger partial charge in [-0.05, 0) is 45.6 Å². The molecule has 6 heterocycles. The molecule has 0 saturated carbocycles. The molecule has 2 saturated heterocycles. The fraction of sp³-hybridized carbons (Fsp3) is 0.385. The van der Waals surface area contributed by atoms with Crippen molar-refractivity contribution in [2.24, 2.45) is 0 Å². The number of Topliss-reactive ketones (excluding diaryl/α,β-unsaturated/α-hetero) is 1. The Labute approximate surface area is 212 Å². The van der Waals surface area contributed by atoms with E-state index < -0.39 is 6.10 Å². The quantitative estimate of drug-likeness (QED) is 0.353. The maximum Gasteiger partial charge on any atom is 0.251 e. The third kappa shape index (κ3) is 3.77. The highest BCUT2D eigenvalue weighted by Gasteiger charge is 2.45. The predicted molar refractivity (Wildman–Crippen MR) is 136 cm³/mol. The number of piperidine rings is 1. The molecule has 2 fully saturated rings. The summed E-state index contributed by atoms with van der Waals surface area (Å²) in [7, 11) is 0. The van der Waals surface area contributed by atoms with Gasteiger partial charge in [-0.15, -0.1) is 0 Å². The number of aromatic nitrogens is 6. The van der Waals surface area contributed by atoms with Gasteiger partial charge in [0.15, 0.2) is 17.3 Å². The number of hydrogen-bond acceptors (Lipinski definition) is 8. The van der Waals surface area contributed by atoms with E-state index in [-0.39, 0.29) is 35.5 Å². The Kier molecular flexibility index (Phi) is 5.52. The summed E-state index contributed by atoms with van der Waals surface area (Å²) in [5, 5.41) is 14.3. The summed E-state index contributed by atoms with van der Waals surface area (Å²) in [4.78, 5) is 44.0. The lowest BCUT2D eigenvalue weighted by Crippen LogP contribution is -2.49. The number of ketones is 1. The van der Waals surface area contributed by atoms with Crippen molar-refractivity contribution in [3.05, 3.63) is 48.2 Å². The van der Waals surface area contributed by atoms with Crippen LogP contribution >= 0.6 is 0 Å². The molecule has 1 amide bonds. The van der Waals surface area contributed by atoms with Gasteiger partial charge in [-0.25, -0.2) is 9.97 Å². The van der Waals surface area contributed by atoms with Gasteiger partial charge in [0.2, 0.25) is 0 Å². The van der Waals surface area contributed by atoms with Crippen LogP contribution in [-0.4, -0.2) is 69.4 Å². The van der Waals surface area contributed by atoms with Crippen molar-refractivity contribution in [1.29, 1.82) is 0 Å². The molecule has 0 aromatic carbocycles. The van der Waals surface area contributed by atoms with E-state index in [1.807, 2.05) is 17.0 Å². The van der Waals surface area contributed by atoms with Crippen molar-refractivity contribution in [2.75, 3.05) is 5.73 Å². The van der Waals surface area contributed by atoms with Crippen molar-refractivity contribution < 1.29 is 14.7 Å². The summed E-state index contributed by atoms with van der Waals surface area (Å²) in [6.45, 7) is 3.00. The Morgan fingerprint density at radius 3 is 2.51 bits per heavy atom. The number of imidazole rings is 1. The molecule has 2 unspecified atom stereocenters. The second-order valence-corrected chi connectivity index (χ2v) is 9.95. The van der Waals surface area contributed by atoms with Gasteiger partial charge in [0, 0.05) is 47.7 Å². The topological polar surface area (TPSA) is 155 Å². The van der Waals surface area contributed by atoms with Crippen LogP contribution < -0.4 is 5.73 Å². The molecular formula is C26H28N8O3. The van der Waals surface area contributed by atoms with Crippen molar-refractivity contribution >= 4 is 23.2 Å². The highest BCUT2D eigenvalue weighted by atomic mass is 16.3. The molecule has 4 atom stereocenters. The number of rotatable bonds is 5. The summed E-state index contributed by atoms with van der Waals surface area (Å²) >= 11 is 0. The summed E-state index contributed by atoms with van der Waals surface area (Å²) in [5.74, 6) is 0.498. The smallest absolute Gasteiger partial charge is 0.251 e. The van der Waals surface area contributed by atoms with Crippen LogP contribution in [0.1, 0.15) is 61.5 Å². The molecule has 4 aromatic heterocycles. The molecule has 11 nitrogen and oxygen atoms in total. The molecule has 6 rings (SSSR count). The summed E-state index contributed by atoms with van der Waals surface area (Å²) < 4.78 is 1.51. The first-order valence-corrected chi connectivity index (χ1v) is 12.5. The molecule has 2 aliphatic rings. The second-order valence-electron chi connectivity index (χ2n) is 9.95. The molecule has 2 aliphatic heterocycles. The van der Waals surface area contributed by atoms with Crippen molar-refractivity contribution in [1.82, 2.24) is 34.4 Å². The molecule has 37 heavy (non-hydrogen) atoms. The largest absolute Gasteiger partial charge is 0.384 e. The van der Waals surface area contributed by atoms with Crippen LogP contribution in [0.25, 0.3) is 28.3 Å². The number of hydrogen-bond donors (Lipinski definition) is 3. The third-order valence-electron chi connectivity index (χ3n) is 7.61. The van der Waals surface area contributed by atoms with Gasteiger partial charge in [-0.1, -0.05) is 6.07 Å². The van der Waals surface area contributed by atoms with E-state index >= 15 is 0 Å². The minimum atomic E-state index is -1.03. The number of nitrogens with zero attached hydrogens (tertiary/aromatic N) is 6. The Bertz CT molecular complexity index is 1480. The number of anilines is 1.